The van der Waals surface area contributed by atoms with Crippen LogP contribution in [0.15, 0.2) is 78.4 Å². The van der Waals surface area contributed by atoms with E-state index in [4.69, 9.17) is 9.47 Å². The molecular formula is C24H22N2O5. The number of benzene rings is 3. The zero-order chi connectivity index (χ0) is 22.2. The minimum atomic E-state index is -0.579. The lowest BCUT2D eigenvalue weighted by Gasteiger charge is -2.11. The van der Waals surface area contributed by atoms with E-state index in [2.05, 4.69) is 10.6 Å². The summed E-state index contributed by atoms with van der Waals surface area (Å²) in [7, 11) is 3.10. The maximum atomic E-state index is 12.9. The lowest BCUT2D eigenvalue weighted by Crippen LogP contribution is -2.25. The van der Waals surface area contributed by atoms with Crippen LogP contribution in [0.3, 0.4) is 0 Å². The summed E-state index contributed by atoms with van der Waals surface area (Å²) in [4.78, 5) is 25.9. The zero-order valence-corrected chi connectivity index (χ0v) is 17.1. The number of aromatic hydroxyl groups is 1. The third-order valence-corrected chi connectivity index (χ3v) is 4.39. The van der Waals surface area contributed by atoms with Gasteiger partial charge in [-0.25, -0.2) is 0 Å². The molecule has 0 fully saturated rings. The van der Waals surface area contributed by atoms with Crippen LogP contribution in [0.25, 0.3) is 6.08 Å². The Kier molecular flexibility index (Phi) is 6.90. The van der Waals surface area contributed by atoms with Crippen LogP contribution >= 0.6 is 0 Å². The van der Waals surface area contributed by atoms with Gasteiger partial charge in [-0.2, -0.15) is 0 Å². The van der Waals surface area contributed by atoms with Crippen LogP contribution < -0.4 is 20.1 Å². The summed E-state index contributed by atoms with van der Waals surface area (Å²) in [6, 6.07) is 19.7. The van der Waals surface area contributed by atoms with Crippen LogP contribution in [0.2, 0.25) is 0 Å². The van der Waals surface area contributed by atoms with E-state index in [1.807, 2.05) is 0 Å². The number of rotatable bonds is 7. The molecule has 0 saturated carbocycles. The highest BCUT2D eigenvalue weighted by molar-refractivity contribution is 6.28. The van der Waals surface area contributed by atoms with Gasteiger partial charge in [-0.05, 0) is 72.3 Å². The van der Waals surface area contributed by atoms with E-state index >= 15 is 0 Å². The van der Waals surface area contributed by atoms with E-state index in [0.717, 1.165) is 0 Å². The first-order valence-electron chi connectivity index (χ1n) is 9.40. The van der Waals surface area contributed by atoms with Crippen molar-refractivity contribution in [2.45, 2.75) is 0 Å². The molecule has 0 spiro atoms. The number of anilines is 2. The average Bonchev–Trinajstić information content (AvgIpc) is 2.79. The van der Waals surface area contributed by atoms with Crippen molar-refractivity contribution in [3.63, 3.8) is 0 Å². The number of amides is 2. The normalized spacial score (nSPS) is 10.0. The predicted molar refractivity (Wildman–Crippen MR) is 119 cm³/mol. The first-order valence-corrected chi connectivity index (χ1v) is 9.40. The largest absolute Gasteiger partial charge is 0.508 e. The van der Waals surface area contributed by atoms with Gasteiger partial charge in [0.1, 0.15) is 22.8 Å². The summed E-state index contributed by atoms with van der Waals surface area (Å²) in [5.74, 6) is 0.225. The molecule has 0 heterocycles. The number of hydrogen-bond acceptors (Lipinski definition) is 5. The second kappa shape index (κ2) is 9.98. The van der Waals surface area contributed by atoms with Crippen molar-refractivity contribution < 1.29 is 24.2 Å². The number of ether oxygens (including phenoxy) is 2. The van der Waals surface area contributed by atoms with Crippen LogP contribution in [0, 0.1) is 0 Å². The smallest absolute Gasteiger partial charge is 0.261 e. The predicted octanol–water partition coefficient (Wildman–Crippen LogP) is 4.07. The first-order chi connectivity index (χ1) is 15.0. The minimum Gasteiger partial charge on any atom is -0.508 e. The molecule has 7 nitrogen and oxygen atoms in total. The Hall–Kier alpha value is -4.26. The van der Waals surface area contributed by atoms with E-state index in [1.54, 1.807) is 74.9 Å². The summed E-state index contributed by atoms with van der Waals surface area (Å²) in [6.45, 7) is 0. The van der Waals surface area contributed by atoms with Crippen molar-refractivity contribution in [1.29, 1.82) is 0 Å². The highest BCUT2D eigenvalue weighted by atomic mass is 16.5. The van der Waals surface area contributed by atoms with Crippen molar-refractivity contribution in [2.24, 2.45) is 0 Å². The van der Waals surface area contributed by atoms with E-state index in [1.165, 1.54) is 18.2 Å². The lowest BCUT2D eigenvalue weighted by atomic mass is 10.1. The standard InChI is InChI=1S/C24H22N2O5/c1-30-20-11-5-17(6-12-20)25-23(28)22(15-16-3-9-19(27)10-4-16)24(29)26-18-7-13-21(31-2)14-8-18/h3-15,27H,1-2H3,(H,25,28)(H,26,29). The molecule has 158 valence electrons. The van der Waals surface area contributed by atoms with Gasteiger partial charge >= 0.3 is 0 Å². The Balaban J connectivity index is 1.86. The quantitative estimate of drug-likeness (QED) is 0.305. The van der Waals surface area contributed by atoms with Gasteiger partial charge in [0, 0.05) is 11.4 Å². The van der Waals surface area contributed by atoms with Crippen LogP contribution in [0.4, 0.5) is 11.4 Å². The molecule has 31 heavy (non-hydrogen) atoms. The molecule has 2 amide bonds. The van der Waals surface area contributed by atoms with Crippen LogP contribution in [-0.4, -0.2) is 31.1 Å². The number of phenols is 1. The number of carbonyl (C=O) groups is 2. The van der Waals surface area contributed by atoms with E-state index in [9.17, 15) is 14.7 Å². The second-order valence-corrected chi connectivity index (χ2v) is 6.51. The molecule has 3 aromatic carbocycles. The van der Waals surface area contributed by atoms with Crippen molar-refractivity contribution in [2.75, 3.05) is 24.9 Å². The van der Waals surface area contributed by atoms with E-state index in [0.29, 0.717) is 28.4 Å². The fourth-order valence-corrected chi connectivity index (χ4v) is 2.72. The van der Waals surface area contributed by atoms with Gasteiger partial charge in [0.15, 0.2) is 0 Å². The van der Waals surface area contributed by atoms with Gasteiger partial charge in [-0.15, -0.1) is 0 Å². The molecule has 3 aromatic rings. The average molecular weight is 418 g/mol. The summed E-state index contributed by atoms with van der Waals surface area (Å²) >= 11 is 0. The molecule has 0 aliphatic carbocycles. The fourth-order valence-electron chi connectivity index (χ4n) is 2.72. The number of phenolic OH excluding ortho intramolecular Hbond substituents is 1. The van der Waals surface area contributed by atoms with Gasteiger partial charge in [-0.3, -0.25) is 9.59 Å². The van der Waals surface area contributed by atoms with Crippen LogP contribution in [0.1, 0.15) is 5.56 Å². The number of carbonyl (C=O) groups excluding carboxylic acids is 2. The number of nitrogens with one attached hydrogen (secondary N) is 2. The molecule has 7 heteroatoms. The molecule has 0 atom stereocenters. The van der Waals surface area contributed by atoms with Gasteiger partial charge in [0.2, 0.25) is 0 Å². The molecule has 3 rings (SSSR count). The maximum Gasteiger partial charge on any atom is 0.261 e. The van der Waals surface area contributed by atoms with Crippen LogP contribution in [-0.2, 0) is 9.59 Å². The number of methoxy groups -OCH3 is 2. The van der Waals surface area contributed by atoms with Gasteiger partial charge < -0.3 is 25.2 Å². The Morgan fingerprint density at radius 3 is 1.52 bits per heavy atom. The zero-order valence-electron chi connectivity index (χ0n) is 17.1. The third kappa shape index (κ3) is 5.86. The molecule has 0 aliphatic rings. The van der Waals surface area contributed by atoms with Crippen molar-refractivity contribution in [3.05, 3.63) is 83.9 Å². The number of hydrogen-bond donors (Lipinski definition) is 3. The Morgan fingerprint density at radius 1 is 0.710 bits per heavy atom. The van der Waals surface area contributed by atoms with E-state index in [-0.39, 0.29) is 11.3 Å². The highest BCUT2D eigenvalue weighted by Crippen LogP contribution is 2.20. The summed E-state index contributed by atoms with van der Waals surface area (Å²) < 4.78 is 10.2. The molecule has 0 saturated heterocycles. The SMILES string of the molecule is COc1ccc(NC(=O)C(=Cc2ccc(O)cc2)C(=O)Nc2ccc(OC)cc2)cc1. The third-order valence-electron chi connectivity index (χ3n) is 4.39. The monoisotopic (exact) mass is 418 g/mol. The fraction of sp³-hybridized carbons (Fsp3) is 0.0833. The van der Waals surface area contributed by atoms with Crippen molar-refractivity contribution in [1.82, 2.24) is 0 Å². The second-order valence-electron chi connectivity index (χ2n) is 6.51. The van der Waals surface area contributed by atoms with Crippen molar-refractivity contribution >= 4 is 29.3 Å². The first kappa shape index (κ1) is 21.4. The Labute approximate surface area is 179 Å². The summed E-state index contributed by atoms with van der Waals surface area (Å²) in [6.07, 6.45) is 1.46. The molecule has 0 unspecified atom stereocenters. The molecule has 0 bridgehead atoms. The highest BCUT2D eigenvalue weighted by Gasteiger charge is 2.19. The maximum absolute atomic E-state index is 12.9. The molecule has 0 radical (unpaired) electrons. The Bertz CT molecular complexity index is 1010. The van der Waals surface area contributed by atoms with Gasteiger partial charge in [-0.1, -0.05) is 12.1 Å². The van der Waals surface area contributed by atoms with Crippen LogP contribution in [0.5, 0.6) is 17.2 Å². The van der Waals surface area contributed by atoms with Crippen molar-refractivity contribution in [3.8, 4) is 17.2 Å². The molecule has 0 aromatic heterocycles. The minimum absolute atomic E-state index is 0.0871. The van der Waals surface area contributed by atoms with Gasteiger partial charge in [0.25, 0.3) is 11.8 Å². The van der Waals surface area contributed by atoms with E-state index < -0.39 is 11.8 Å². The Morgan fingerprint density at radius 2 is 1.13 bits per heavy atom. The summed E-state index contributed by atoms with van der Waals surface area (Å²) in [5.41, 5.74) is 1.51. The molecule has 3 N–H and O–H groups in total. The summed E-state index contributed by atoms with van der Waals surface area (Å²) in [5, 5.41) is 14.9. The lowest BCUT2D eigenvalue weighted by molar-refractivity contribution is -0.118. The molecule has 0 aliphatic heterocycles. The topological polar surface area (TPSA) is 96.9 Å². The molecular weight excluding hydrogens is 396 g/mol. The van der Waals surface area contributed by atoms with Gasteiger partial charge in [0.05, 0.1) is 14.2 Å².